The van der Waals surface area contributed by atoms with E-state index in [1.54, 1.807) is 30.6 Å². The molecule has 0 aliphatic carbocycles. The zero-order chi connectivity index (χ0) is 11.5. The van der Waals surface area contributed by atoms with E-state index in [9.17, 15) is 4.79 Å². The average Bonchev–Trinajstić information content (AvgIpc) is 2.59. The molecule has 0 fully saturated rings. The van der Waals surface area contributed by atoms with Crippen molar-refractivity contribution in [3.8, 4) is 0 Å². The summed E-state index contributed by atoms with van der Waals surface area (Å²) in [4.78, 5) is 15.6. The maximum Gasteiger partial charge on any atom is 0.258 e. The molecule has 0 radical (unpaired) electrons. The molecule has 1 amide bonds. The fourth-order valence-electron chi connectivity index (χ4n) is 1.13. The first-order valence-electron chi connectivity index (χ1n) is 4.33. The van der Waals surface area contributed by atoms with E-state index in [0.29, 0.717) is 19.9 Å². The van der Waals surface area contributed by atoms with Crippen molar-refractivity contribution in [3.05, 3.63) is 44.8 Å². The smallest absolute Gasteiger partial charge is 0.258 e. The van der Waals surface area contributed by atoms with Crippen molar-refractivity contribution in [2.75, 3.05) is 5.32 Å². The molecule has 2 aromatic rings. The molecule has 1 N–H and O–H groups in total. The number of halogens is 2. The van der Waals surface area contributed by atoms with Gasteiger partial charge < -0.3 is 5.32 Å². The minimum atomic E-state index is -0.278. The van der Waals surface area contributed by atoms with Gasteiger partial charge in [-0.3, -0.25) is 9.78 Å². The van der Waals surface area contributed by atoms with Crippen LogP contribution in [-0.2, 0) is 0 Å². The molecule has 0 atom stereocenters. The number of hydrogen-bond donors (Lipinski definition) is 1. The van der Waals surface area contributed by atoms with Crippen LogP contribution in [0.4, 0.5) is 5.69 Å². The van der Waals surface area contributed by atoms with Crippen LogP contribution in [0, 0.1) is 0 Å². The molecule has 82 valence electrons. The molecule has 0 bridgehead atoms. The second-order valence-electron chi connectivity index (χ2n) is 2.93. The normalized spacial score (nSPS) is 10.1. The molecule has 0 aliphatic heterocycles. The molecule has 0 spiro atoms. The summed E-state index contributed by atoms with van der Waals surface area (Å²) in [5.74, 6) is -0.278. The van der Waals surface area contributed by atoms with Gasteiger partial charge in [-0.1, -0.05) is 23.2 Å². The molecule has 3 nitrogen and oxygen atoms in total. The van der Waals surface area contributed by atoms with Crippen LogP contribution in [0.1, 0.15) is 10.4 Å². The van der Waals surface area contributed by atoms with Gasteiger partial charge in [-0.15, -0.1) is 11.3 Å². The van der Waals surface area contributed by atoms with Crippen molar-refractivity contribution in [2.24, 2.45) is 0 Å². The Bertz CT molecular complexity index is 513. The number of carbonyl (C=O) groups excluding carboxylic acids is 1. The van der Waals surface area contributed by atoms with Crippen LogP contribution >= 0.6 is 34.5 Å². The van der Waals surface area contributed by atoms with E-state index in [1.807, 2.05) is 0 Å². The Labute approximate surface area is 106 Å². The van der Waals surface area contributed by atoms with E-state index in [0.717, 1.165) is 0 Å². The number of nitrogens with one attached hydrogen (secondary N) is 1. The first-order valence-corrected chi connectivity index (χ1v) is 5.90. The van der Waals surface area contributed by atoms with Crippen LogP contribution in [0.5, 0.6) is 0 Å². The highest BCUT2D eigenvalue weighted by atomic mass is 35.5. The van der Waals surface area contributed by atoms with Crippen LogP contribution in [0.3, 0.4) is 0 Å². The summed E-state index contributed by atoms with van der Waals surface area (Å²) >= 11 is 12.8. The van der Waals surface area contributed by atoms with Gasteiger partial charge in [-0.05, 0) is 18.2 Å². The Balaban J connectivity index is 2.18. The topological polar surface area (TPSA) is 42.0 Å². The van der Waals surface area contributed by atoms with Crippen molar-refractivity contribution in [2.45, 2.75) is 0 Å². The van der Waals surface area contributed by atoms with Gasteiger partial charge in [-0.25, -0.2) is 0 Å². The third-order valence-electron chi connectivity index (χ3n) is 1.84. The Morgan fingerprint density at radius 2 is 2.00 bits per heavy atom. The maximum absolute atomic E-state index is 11.8. The minimum absolute atomic E-state index is 0.278. The fraction of sp³-hybridized carbons (Fsp3) is 0. The van der Waals surface area contributed by atoms with Crippen molar-refractivity contribution in [1.82, 2.24) is 4.98 Å². The van der Waals surface area contributed by atoms with Gasteiger partial charge in [0.15, 0.2) is 0 Å². The van der Waals surface area contributed by atoms with Gasteiger partial charge in [0.25, 0.3) is 5.91 Å². The summed E-state index contributed by atoms with van der Waals surface area (Å²) in [6, 6.07) is 4.94. The standard InChI is InChI=1S/C10H6Cl2N2OS/c11-8-5-7(9(12)16-8)10(15)14-6-1-3-13-4-2-6/h1-5H,(H,13,14,15). The Morgan fingerprint density at radius 3 is 2.56 bits per heavy atom. The zero-order valence-corrected chi connectivity index (χ0v) is 10.2. The fourth-order valence-corrected chi connectivity index (χ4v) is 2.59. The second kappa shape index (κ2) is 4.82. The van der Waals surface area contributed by atoms with E-state index in [-0.39, 0.29) is 5.91 Å². The predicted octanol–water partition coefficient (Wildman–Crippen LogP) is 3.70. The third kappa shape index (κ3) is 2.52. The van der Waals surface area contributed by atoms with Crippen molar-refractivity contribution < 1.29 is 4.79 Å². The number of rotatable bonds is 2. The zero-order valence-electron chi connectivity index (χ0n) is 7.91. The average molecular weight is 273 g/mol. The SMILES string of the molecule is O=C(Nc1ccncc1)c1cc(Cl)sc1Cl. The molecular weight excluding hydrogens is 267 g/mol. The number of nitrogens with zero attached hydrogens (tertiary/aromatic N) is 1. The van der Waals surface area contributed by atoms with Gasteiger partial charge in [0.2, 0.25) is 0 Å². The first-order chi connectivity index (χ1) is 7.66. The van der Waals surface area contributed by atoms with E-state index in [4.69, 9.17) is 23.2 Å². The molecule has 2 rings (SSSR count). The second-order valence-corrected chi connectivity index (χ2v) is 5.21. The lowest BCUT2D eigenvalue weighted by Gasteiger charge is -2.02. The number of carbonyl (C=O) groups is 1. The van der Waals surface area contributed by atoms with E-state index < -0.39 is 0 Å². The monoisotopic (exact) mass is 272 g/mol. The maximum atomic E-state index is 11.8. The van der Waals surface area contributed by atoms with E-state index >= 15 is 0 Å². The van der Waals surface area contributed by atoms with Gasteiger partial charge in [-0.2, -0.15) is 0 Å². The molecule has 6 heteroatoms. The van der Waals surface area contributed by atoms with Crippen LogP contribution < -0.4 is 5.32 Å². The van der Waals surface area contributed by atoms with Gasteiger partial charge in [0.05, 0.1) is 9.90 Å². The Morgan fingerprint density at radius 1 is 1.31 bits per heavy atom. The molecule has 0 saturated heterocycles. The molecule has 2 heterocycles. The summed E-state index contributed by atoms with van der Waals surface area (Å²) in [5.41, 5.74) is 1.05. The van der Waals surface area contributed by atoms with Crippen LogP contribution in [0.25, 0.3) is 0 Å². The lowest BCUT2D eigenvalue weighted by molar-refractivity contribution is 0.102. The van der Waals surface area contributed by atoms with E-state index in [2.05, 4.69) is 10.3 Å². The third-order valence-corrected chi connectivity index (χ3v) is 3.33. The lowest BCUT2D eigenvalue weighted by Crippen LogP contribution is -2.11. The van der Waals surface area contributed by atoms with Crippen molar-refractivity contribution in [3.63, 3.8) is 0 Å². The number of thiophene rings is 1. The lowest BCUT2D eigenvalue weighted by atomic mass is 10.3. The largest absolute Gasteiger partial charge is 0.322 e. The molecule has 0 unspecified atom stereocenters. The van der Waals surface area contributed by atoms with Crippen LogP contribution in [0.2, 0.25) is 8.67 Å². The Kier molecular flexibility index (Phi) is 3.43. The van der Waals surface area contributed by atoms with Gasteiger partial charge >= 0.3 is 0 Å². The molecule has 16 heavy (non-hydrogen) atoms. The van der Waals surface area contributed by atoms with E-state index in [1.165, 1.54) is 11.3 Å². The molecule has 2 aromatic heterocycles. The molecular formula is C10H6Cl2N2OS. The number of anilines is 1. The highest BCUT2D eigenvalue weighted by Crippen LogP contribution is 2.31. The number of aromatic nitrogens is 1. The summed E-state index contributed by atoms with van der Waals surface area (Å²) in [6.07, 6.45) is 3.19. The number of amides is 1. The summed E-state index contributed by atoms with van der Waals surface area (Å²) in [7, 11) is 0. The highest BCUT2D eigenvalue weighted by molar-refractivity contribution is 7.20. The van der Waals surface area contributed by atoms with Gasteiger partial charge in [0.1, 0.15) is 4.34 Å². The number of pyridine rings is 1. The molecule has 0 aliphatic rings. The summed E-state index contributed by atoms with van der Waals surface area (Å²) in [6.45, 7) is 0. The molecule has 0 aromatic carbocycles. The van der Waals surface area contributed by atoms with Crippen molar-refractivity contribution >= 4 is 46.1 Å². The quantitative estimate of drug-likeness (QED) is 0.906. The van der Waals surface area contributed by atoms with Gasteiger partial charge in [0, 0.05) is 18.1 Å². The predicted molar refractivity (Wildman–Crippen MR) is 66.5 cm³/mol. The minimum Gasteiger partial charge on any atom is -0.322 e. The van der Waals surface area contributed by atoms with Crippen molar-refractivity contribution in [1.29, 1.82) is 0 Å². The summed E-state index contributed by atoms with van der Waals surface area (Å²) < 4.78 is 0.876. The first kappa shape index (κ1) is 11.4. The van der Waals surface area contributed by atoms with Crippen LogP contribution in [0.15, 0.2) is 30.6 Å². The Hall–Kier alpha value is -1.10. The highest BCUT2D eigenvalue weighted by Gasteiger charge is 2.13. The number of hydrogen-bond acceptors (Lipinski definition) is 3. The summed E-state index contributed by atoms with van der Waals surface area (Å²) in [5, 5.41) is 2.70. The molecule has 0 saturated carbocycles. The van der Waals surface area contributed by atoms with Crippen LogP contribution in [-0.4, -0.2) is 10.9 Å².